The van der Waals surface area contributed by atoms with Crippen molar-refractivity contribution < 1.29 is 35.5 Å². The summed E-state index contributed by atoms with van der Waals surface area (Å²) in [6.45, 7) is -1.77. The van der Waals surface area contributed by atoms with E-state index in [1.165, 1.54) is 0 Å². The second kappa shape index (κ2) is 6.66. The summed E-state index contributed by atoms with van der Waals surface area (Å²) in [5.41, 5.74) is -1.92. The van der Waals surface area contributed by atoms with Gasteiger partial charge in [-0.3, -0.25) is 0 Å². The SMILES string of the molecule is Fc1cc(Br)c2[nH]cc(-c3nc(OCC(F)(F)F)ncc3C(F)(F)F)c2c1. The zero-order valence-corrected chi connectivity index (χ0v) is 14.4. The van der Waals surface area contributed by atoms with Crippen LogP contribution in [0.3, 0.4) is 0 Å². The van der Waals surface area contributed by atoms with Crippen LogP contribution in [-0.4, -0.2) is 27.7 Å². The lowest BCUT2D eigenvalue weighted by atomic mass is 10.1. The van der Waals surface area contributed by atoms with Crippen molar-refractivity contribution in [2.75, 3.05) is 6.61 Å². The van der Waals surface area contributed by atoms with Crippen LogP contribution in [0.5, 0.6) is 6.01 Å². The number of halogens is 8. The second-order valence-corrected chi connectivity index (χ2v) is 6.18. The zero-order chi connectivity index (χ0) is 20.0. The standard InChI is InChI=1S/C15H7BrF7N3O/c16-10-2-6(17)1-7-8(3-24-12(7)10)11-9(15(21,22)23)4-25-13(26-11)27-5-14(18,19)20/h1-4,24H,5H2. The Balaban J connectivity index is 2.18. The van der Waals surface area contributed by atoms with E-state index in [-0.39, 0.29) is 20.9 Å². The molecule has 3 aromatic rings. The van der Waals surface area contributed by atoms with Gasteiger partial charge in [-0.05, 0) is 28.1 Å². The number of fused-ring (bicyclic) bond motifs is 1. The first-order chi connectivity index (χ1) is 12.5. The van der Waals surface area contributed by atoms with Crippen LogP contribution in [0, 0.1) is 5.82 Å². The molecule has 1 aromatic carbocycles. The molecular weight excluding hydrogens is 451 g/mol. The van der Waals surface area contributed by atoms with Gasteiger partial charge in [0.25, 0.3) is 0 Å². The van der Waals surface area contributed by atoms with E-state index in [4.69, 9.17) is 0 Å². The third-order valence-corrected chi connectivity index (χ3v) is 4.02. The molecule has 0 radical (unpaired) electrons. The number of alkyl halides is 6. The maximum Gasteiger partial charge on any atom is 0.422 e. The van der Waals surface area contributed by atoms with E-state index >= 15 is 0 Å². The molecule has 0 amide bonds. The lowest BCUT2D eigenvalue weighted by Gasteiger charge is -2.13. The van der Waals surface area contributed by atoms with Gasteiger partial charge in [-0.2, -0.15) is 31.3 Å². The number of H-pyrrole nitrogens is 1. The van der Waals surface area contributed by atoms with Crippen molar-refractivity contribution in [3.05, 3.63) is 40.4 Å². The van der Waals surface area contributed by atoms with Gasteiger partial charge in [-0.15, -0.1) is 0 Å². The molecule has 144 valence electrons. The number of nitrogens with one attached hydrogen (secondary N) is 1. The van der Waals surface area contributed by atoms with Crippen LogP contribution in [0.15, 0.2) is 29.0 Å². The van der Waals surface area contributed by atoms with Crippen molar-refractivity contribution >= 4 is 26.8 Å². The van der Waals surface area contributed by atoms with Crippen LogP contribution < -0.4 is 4.74 Å². The van der Waals surface area contributed by atoms with Crippen LogP contribution in [-0.2, 0) is 6.18 Å². The highest BCUT2D eigenvalue weighted by atomic mass is 79.9. The number of hydrogen-bond acceptors (Lipinski definition) is 3. The molecule has 0 aliphatic carbocycles. The average Bonchev–Trinajstić information content (AvgIpc) is 2.95. The normalized spacial score (nSPS) is 12.6. The van der Waals surface area contributed by atoms with Crippen molar-refractivity contribution in [3.63, 3.8) is 0 Å². The highest BCUT2D eigenvalue weighted by Crippen LogP contribution is 2.40. The van der Waals surface area contributed by atoms with Gasteiger partial charge in [0.15, 0.2) is 6.61 Å². The van der Waals surface area contributed by atoms with Gasteiger partial charge in [0.2, 0.25) is 0 Å². The van der Waals surface area contributed by atoms with Crippen molar-refractivity contribution in [2.45, 2.75) is 12.4 Å². The summed E-state index contributed by atoms with van der Waals surface area (Å²) in [7, 11) is 0. The summed E-state index contributed by atoms with van der Waals surface area (Å²) in [5, 5.41) is 0.0489. The number of ether oxygens (including phenoxy) is 1. The van der Waals surface area contributed by atoms with E-state index in [0.29, 0.717) is 6.20 Å². The fourth-order valence-corrected chi connectivity index (χ4v) is 2.89. The zero-order valence-electron chi connectivity index (χ0n) is 12.8. The van der Waals surface area contributed by atoms with Gasteiger partial charge in [0.05, 0.1) is 11.2 Å². The number of aromatic amines is 1. The molecule has 0 saturated heterocycles. The molecule has 3 rings (SSSR count). The van der Waals surface area contributed by atoms with Crippen molar-refractivity contribution in [2.24, 2.45) is 0 Å². The van der Waals surface area contributed by atoms with E-state index < -0.39 is 42.0 Å². The van der Waals surface area contributed by atoms with E-state index in [1.54, 1.807) is 0 Å². The Morgan fingerprint density at radius 3 is 2.44 bits per heavy atom. The Bertz CT molecular complexity index is 997. The Labute approximate surface area is 154 Å². The molecule has 1 N–H and O–H groups in total. The highest BCUT2D eigenvalue weighted by molar-refractivity contribution is 9.10. The minimum absolute atomic E-state index is 0.0489. The Morgan fingerprint density at radius 2 is 1.81 bits per heavy atom. The van der Waals surface area contributed by atoms with Gasteiger partial charge in [-0.1, -0.05) is 0 Å². The second-order valence-electron chi connectivity index (χ2n) is 5.33. The molecule has 0 fully saturated rings. The molecule has 2 aromatic heterocycles. The minimum Gasteiger partial charge on any atom is -0.454 e. The van der Waals surface area contributed by atoms with E-state index in [0.717, 1.165) is 18.3 Å². The van der Waals surface area contributed by atoms with Crippen LogP contribution in [0.4, 0.5) is 30.7 Å². The Kier molecular flexibility index (Phi) is 4.78. The first-order valence-electron chi connectivity index (χ1n) is 7.06. The molecule has 27 heavy (non-hydrogen) atoms. The third-order valence-electron chi connectivity index (χ3n) is 3.40. The van der Waals surface area contributed by atoms with Crippen LogP contribution >= 0.6 is 15.9 Å². The molecule has 4 nitrogen and oxygen atoms in total. The number of hydrogen-bond donors (Lipinski definition) is 1. The lowest BCUT2D eigenvalue weighted by molar-refractivity contribution is -0.155. The predicted octanol–water partition coefficient (Wildman–Crippen LogP) is 5.49. The molecule has 0 aliphatic rings. The fourth-order valence-electron chi connectivity index (χ4n) is 2.35. The Hall–Kier alpha value is -2.37. The molecule has 0 atom stereocenters. The molecule has 0 saturated carbocycles. The molecule has 0 spiro atoms. The highest BCUT2D eigenvalue weighted by Gasteiger charge is 2.37. The maximum atomic E-state index is 13.7. The topological polar surface area (TPSA) is 50.8 Å². The minimum atomic E-state index is -4.90. The first-order valence-corrected chi connectivity index (χ1v) is 7.85. The van der Waals surface area contributed by atoms with Gasteiger partial charge < -0.3 is 9.72 Å². The molecule has 12 heteroatoms. The van der Waals surface area contributed by atoms with Crippen LogP contribution in [0.1, 0.15) is 5.56 Å². The van der Waals surface area contributed by atoms with Gasteiger partial charge >= 0.3 is 18.4 Å². The summed E-state index contributed by atoms with van der Waals surface area (Å²) in [5.74, 6) is -0.730. The summed E-state index contributed by atoms with van der Waals surface area (Å²) in [6, 6.07) is 1.19. The number of nitrogens with zero attached hydrogens (tertiary/aromatic N) is 2. The van der Waals surface area contributed by atoms with E-state index in [2.05, 4.69) is 35.6 Å². The summed E-state index contributed by atoms with van der Waals surface area (Å²) in [6.07, 6.45) is -8.16. The van der Waals surface area contributed by atoms with Crippen molar-refractivity contribution in [3.8, 4) is 17.3 Å². The fraction of sp³-hybridized carbons (Fsp3) is 0.200. The summed E-state index contributed by atoms with van der Waals surface area (Å²) in [4.78, 5) is 9.34. The predicted molar refractivity (Wildman–Crippen MR) is 83.5 cm³/mol. The molecule has 2 heterocycles. The first kappa shape index (κ1) is 19.4. The van der Waals surface area contributed by atoms with Crippen molar-refractivity contribution in [1.82, 2.24) is 15.0 Å². The number of aromatic nitrogens is 3. The Morgan fingerprint density at radius 1 is 1.11 bits per heavy atom. The van der Waals surface area contributed by atoms with Gasteiger partial charge in [-0.25, -0.2) is 9.37 Å². The molecule has 0 aliphatic heterocycles. The quantitative estimate of drug-likeness (QED) is 0.529. The summed E-state index contributed by atoms with van der Waals surface area (Å²) >= 11 is 3.08. The summed E-state index contributed by atoms with van der Waals surface area (Å²) < 4.78 is 95.0. The molecule has 0 bridgehead atoms. The lowest BCUT2D eigenvalue weighted by Crippen LogP contribution is -2.20. The van der Waals surface area contributed by atoms with Crippen LogP contribution in [0.25, 0.3) is 22.2 Å². The van der Waals surface area contributed by atoms with Crippen LogP contribution in [0.2, 0.25) is 0 Å². The average molecular weight is 458 g/mol. The van der Waals surface area contributed by atoms with Gasteiger partial charge in [0.1, 0.15) is 11.4 Å². The van der Waals surface area contributed by atoms with E-state index in [9.17, 15) is 30.7 Å². The third kappa shape index (κ3) is 4.15. The van der Waals surface area contributed by atoms with E-state index in [1.807, 2.05) is 0 Å². The largest absolute Gasteiger partial charge is 0.454 e. The van der Waals surface area contributed by atoms with Gasteiger partial charge in [0, 0.05) is 27.8 Å². The molecular formula is C15H7BrF7N3O. The van der Waals surface area contributed by atoms with Crippen molar-refractivity contribution in [1.29, 1.82) is 0 Å². The molecule has 0 unspecified atom stereocenters. The number of rotatable bonds is 3. The number of benzene rings is 1. The monoisotopic (exact) mass is 457 g/mol. The smallest absolute Gasteiger partial charge is 0.422 e. The maximum absolute atomic E-state index is 13.7.